The number of hydrogen-bond donors (Lipinski definition) is 0. The molecule has 1 aromatic rings. The molecule has 0 aliphatic carbocycles. The van der Waals surface area contributed by atoms with Crippen molar-refractivity contribution in [3.8, 4) is 5.75 Å². The topological polar surface area (TPSA) is 38.8 Å². The summed E-state index contributed by atoms with van der Waals surface area (Å²) in [5.74, 6) is 0.885. The molecule has 2 atom stereocenters. The summed E-state index contributed by atoms with van der Waals surface area (Å²) in [6.07, 6.45) is 4.99. The van der Waals surface area contributed by atoms with Gasteiger partial charge in [0.25, 0.3) is 0 Å². The first-order chi connectivity index (χ1) is 12.0. The van der Waals surface area contributed by atoms with Gasteiger partial charge in [0.05, 0.1) is 6.04 Å². The minimum Gasteiger partial charge on any atom is -0.488 e. The van der Waals surface area contributed by atoms with Gasteiger partial charge < -0.3 is 9.47 Å². The van der Waals surface area contributed by atoms with E-state index in [-0.39, 0.29) is 23.8 Å². The lowest BCUT2D eigenvalue weighted by atomic mass is 9.95. The first-order valence-electron chi connectivity index (χ1n) is 9.53. The Bertz CT molecular complexity index is 692. The Labute approximate surface area is 157 Å². The van der Waals surface area contributed by atoms with Crippen molar-refractivity contribution in [2.75, 3.05) is 0 Å². The molecule has 2 heterocycles. The molecule has 2 aliphatic heterocycles. The predicted octanol–water partition coefficient (Wildman–Crippen LogP) is 5.42. The molecule has 1 saturated heterocycles. The standard InChI is InChI=1S/C22H31NO3/c1-21(2,3)25-19-11-7-15(8-12-19)16-13-17-9-10-18(14-16)23(17)20(24)26-22(4,5)6/h7-8,11-13,17-18H,9-10,14H2,1-6H3. The molecule has 0 radical (unpaired) electrons. The Morgan fingerprint density at radius 2 is 1.65 bits per heavy atom. The summed E-state index contributed by atoms with van der Waals surface area (Å²) in [5.41, 5.74) is 1.88. The predicted molar refractivity (Wildman–Crippen MR) is 104 cm³/mol. The summed E-state index contributed by atoms with van der Waals surface area (Å²) in [5, 5.41) is 0. The number of carbonyl (C=O) groups excluding carboxylic acids is 1. The number of ether oxygens (including phenoxy) is 2. The minimum absolute atomic E-state index is 0.143. The smallest absolute Gasteiger partial charge is 0.411 e. The molecule has 0 saturated carbocycles. The number of benzene rings is 1. The summed E-state index contributed by atoms with van der Waals surface area (Å²) in [4.78, 5) is 14.5. The number of amides is 1. The van der Waals surface area contributed by atoms with E-state index in [1.54, 1.807) is 0 Å². The highest BCUT2D eigenvalue weighted by Gasteiger charge is 2.41. The van der Waals surface area contributed by atoms with Gasteiger partial charge in [0.15, 0.2) is 0 Å². The van der Waals surface area contributed by atoms with Crippen molar-refractivity contribution < 1.29 is 14.3 Å². The van der Waals surface area contributed by atoms with Crippen LogP contribution >= 0.6 is 0 Å². The van der Waals surface area contributed by atoms with E-state index in [1.165, 1.54) is 11.1 Å². The van der Waals surface area contributed by atoms with Gasteiger partial charge >= 0.3 is 6.09 Å². The first-order valence-corrected chi connectivity index (χ1v) is 9.53. The summed E-state index contributed by atoms with van der Waals surface area (Å²) < 4.78 is 11.5. The maximum atomic E-state index is 12.6. The van der Waals surface area contributed by atoms with Crippen LogP contribution in [0.5, 0.6) is 5.75 Å². The van der Waals surface area contributed by atoms with Gasteiger partial charge in [-0.1, -0.05) is 18.2 Å². The Balaban J connectivity index is 1.74. The third-order valence-corrected chi connectivity index (χ3v) is 4.65. The third-order valence-electron chi connectivity index (χ3n) is 4.65. The molecule has 0 aromatic heterocycles. The third kappa shape index (κ3) is 4.40. The van der Waals surface area contributed by atoms with Crippen molar-refractivity contribution in [3.63, 3.8) is 0 Å². The van der Waals surface area contributed by atoms with E-state index in [2.05, 4.69) is 18.2 Å². The van der Waals surface area contributed by atoms with Crippen molar-refractivity contribution in [2.24, 2.45) is 0 Å². The Morgan fingerprint density at radius 3 is 2.19 bits per heavy atom. The highest BCUT2D eigenvalue weighted by Crippen LogP contribution is 2.39. The van der Waals surface area contributed by atoms with Gasteiger partial charge in [-0.15, -0.1) is 0 Å². The fourth-order valence-electron chi connectivity index (χ4n) is 3.73. The molecule has 1 fully saturated rings. The lowest BCUT2D eigenvalue weighted by Gasteiger charge is -2.35. The van der Waals surface area contributed by atoms with Crippen LogP contribution in [-0.2, 0) is 4.74 Å². The zero-order valence-electron chi connectivity index (χ0n) is 16.8. The van der Waals surface area contributed by atoms with Crippen LogP contribution in [0.15, 0.2) is 30.3 Å². The molecular formula is C22H31NO3. The largest absolute Gasteiger partial charge is 0.488 e. The minimum atomic E-state index is -0.455. The number of rotatable bonds is 2. The molecule has 2 aliphatic rings. The molecule has 0 spiro atoms. The average molecular weight is 357 g/mol. The van der Waals surface area contributed by atoms with Crippen LogP contribution in [-0.4, -0.2) is 34.3 Å². The summed E-state index contributed by atoms with van der Waals surface area (Å²) in [7, 11) is 0. The number of fused-ring (bicyclic) bond motifs is 2. The van der Waals surface area contributed by atoms with Gasteiger partial charge in [0, 0.05) is 6.04 Å². The van der Waals surface area contributed by atoms with Gasteiger partial charge in [0.2, 0.25) is 0 Å². The molecule has 3 rings (SSSR count). The molecule has 142 valence electrons. The van der Waals surface area contributed by atoms with E-state index in [0.717, 1.165) is 25.0 Å². The van der Waals surface area contributed by atoms with Crippen molar-refractivity contribution in [3.05, 3.63) is 35.9 Å². The Kier molecular flexibility index (Phi) is 4.80. The Hall–Kier alpha value is -1.97. The van der Waals surface area contributed by atoms with E-state index >= 15 is 0 Å². The van der Waals surface area contributed by atoms with Crippen LogP contribution in [0.1, 0.15) is 66.4 Å². The zero-order chi connectivity index (χ0) is 19.1. The second-order valence-electron chi connectivity index (χ2n) is 9.32. The molecule has 4 nitrogen and oxygen atoms in total. The van der Waals surface area contributed by atoms with Crippen LogP contribution in [0.25, 0.3) is 5.57 Å². The van der Waals surface area contributed by atoms with Crippen molar-refractivity contribution in [2.45, 2.75) is 84.1 Å². The first kappa shape index (κ1) is 18.8. The second-order valence-corrected chi connectivity index (χ2v) is 9.32. The fraction of sp³-hybridized carbons (Fsp3) is 0.591. The quantitative estimate of drug-likeness (QED) is 0.709. The molecule has 0 N–H and O–H groups in total. The van der Waals surface area contributed by atoms with E-state index < -0.39 is 5.60 Å². The maximum absolute atomic E-state index is 12.6. The van der Waals surface area contributed by atoms with Gasteiger partial charge in [-0.05, 0) is 84.1 Å². The van der Waals surface area contributed by atoms with Gasteiger partial charge in [-0.25, -0.2) is 4.79 Å². The number of carbonyl (C=O) groups is 1. The highest BCUT2D eigenvalue weighted by molar-refractivity contribution is 5.75. The number of hydrogen-bond acceptors (Lipinski definition) is 3. The van der Waals surface area contributed by atoms with Crippen molar-refractivity contribution in [1.29, 1.82) is 0 Å². The summed E-state index contributed by atoms with van der Waals surface area (Å²) >= 11 is 0. The normalized spacial score (nSPS) is 22.8. The zero-order valence-corrected chi connectivity index (χ0v) is 16.8. The molecule has 4 heteroatoms. The van der Waals surface area contributed by atoms with E-state index in [4.69, 9.17) is 9.47 Å². The Morgan fingerprint density at radius 1 is 1.00 bits per heavy atom. The van der Waals surface area contributed by atoms with Crippen molar-refractivity contribution >= 4 is 11.7 Å². The summed E-state index contributed by atoms with van der Waals surface area (Å²) in [6.45, 7) is 11.9. The molecule has 26 heavy (non-hydrogen) atoms. The monoisotopic (exact) mass is 357 g/mol. The van der Waals surface area contributed by atoms with Crippen LogP contribution in [0.3, 0.4) is 0 Å². The number of nitrogens with zero attached hydrogens (tertiary/aromatic N) is 1. The molecular weight excluding hydrogens is 326 g/mol. The lowest BCUT2D eigenvalue weighted by Crippen LogP contribution is -2.45. The van der Waals surface area contributed by atoms with Gasteiger partial charge in [-0.2, -0.15) is 0 Å². The average Bonchev–Trinajstić information content (AvgIpc) is 2.75. The van der Waals surface area contributed by atoms with E-state index in [9.17, 15) is 4.79 Å². The van der Waals surface area contributed by atoms with Crippen LogP contribution in [0.2, 0.25) is 0 Å². The molecule has 2 bridgehead atoms. The molecule has 2 unspecified atom stereocenters. The van der Waals surface area contributed by atoms with Crippen LogP contribution in [0, 0.1) is 0 Å². The fourth-order valence-corrected chi connectivity index (χ4v) is 3.73. The maximum Gasteiger partial charge on any atom is 0.411 e. The van der Waals surface area contributed by atoms with Gasteiger partial charge in [0.1, 0.15) is 17.0 Å². The van der Waals surface area contributed by atoms with Crippen LogP contribution in [0.4, 0.5) is 4.79 Å². The second kappa shape index (κ2) is 6.64. The lowest BCUT2D eigenvalue weighted by molar-refractivity contribution is 0.0175. The summed E-state index contributed by atoms with van der Waals surface area (Å²) in [6, 6.07) is 8.68. The van der Waals surface area contributed by atoms with Crippen LogP contribution < -0.4 is 4.74 Å². The van der Waals surface area contributed by atoms with Crippen molar-refractivity contribution in [1.82, 2.24) is 4.90 Å². The van der Waals surface area contributed by atoms with E-state index in [1.807, 2.05) is 58.6 Å². The molecule has 1 aromatic carbocycles. The molecule has 1 amide bonds. The SMILES string of the molecule is CC(C)(C)OC(=O)N1C2C=C(c3ccc(OC(C)(C)C)cc3)CC1CC2. The van der Waals surface area contributed by atoms with E-state index in [0.29, 0.717) is 0 Å². The van der Waals surface area contributed by atoms with Gasteiger partial charge in [-0.3, -0.25) is 4.90 Å². The highest BCUT2D eigenvalue weighted by atomic mass is 16.6.